The predicted molar refractivity (Wildman–Crippen MR) is 79.5 cm³/mol. The molecule has 0 aliphatic carbocycles. The van der Waals surface area contributed by atoms with Gasteiger partial charge in [0.05, 0.1) is 6.33 Å². The maximum atomic E-state index is 12.4. The van der Waals surface area contributed by atoms with Crippen LogP contribution in [0.3, 0.4) is 0 Å². The van der Waals surface area contributed by atoms with Crippen molar-refractivity contribution in [3.63, 3.8) is 0 Å². The first-order valence-electron chi connectivity index (χ1n) is 6.70. The lowest BCUT2D eigenvalue weighted by molar-refractivity contribution is -0.156. The molecule has 120 valence electrons. The van der Waals surface area contributed by atoms with Crippen LogP contribution in [0.15, 0.2) is 15.9 Å². The van der Waals surface area contributed by atoms with Crippen molar-refractivity contribution in [2.24, 2.45) is 14.1 Å². The average Bonchev–Trinajstić information content (AvgIpc) is 2.83. The molecule has 22 heavy (non-hydrogen) atoms. The van der Waals surface area contributed by atoms with E-state index < -0.39 is 30.0 Å². The molecule has 2 heterocycles. The second kappa shape index (κ2) is 5.76. The molecule has 9 heteroatoms. The van der Waals surface area contributed by atoms with E-state index in [9.17, 15) is 14.4 Å². The van der Waals surface area contributed by atoms with Gasteiger partial charge in [0, 0.05) is 14.1 Å². The third-order valence-corrected chi connectivity index (χ3v) is 3.52. The van der Waals surface area contributed by atoms with E-state index in [1.807, 2.05) is 0 Å². The smallest absolute Gasteiger partial charge is 0.333 e. The van der Waals surface area contributed by atoms with Gasteiger partial charge in [-0.25, -0.2) is 14.3 Å². The second-order valence-electron chi connectivity index (χ2n) is 5.31. The molecule has 0 aliphatic heterocycles. The summed E-state index contributed by atoms with van der Waals surface area (Å²) in [5, 5.41) is 0. The van der Waals surface area contributed by atoms with Crippen molar-refractivity contribution >= 4 is 17.1 Å². The van der Waals surface area contributed by atoms with Gasteiger partial charge >= 0.3 is 11.7 Å². The topological polar surface area (TPSA) is 91.4 Å². The first-order chi connectivity index (χ1) is 10.2. The Morgan fingerprint density at radius 3 is 2.59 bits per heavy atom. The second-order valence-corrected chi connectivity index (χ2v) is 5.31. The molecule has 0 fully saturated rings. The molecular weight excluding hydrogens is 290 g/mol. The lowest BCUT2D eigenvalue weighted by atomic mass is 10.4. The highest BCUT2D eigenvalue weighted by atomic mass is 16.6. The van der Waals surface area contributed by atoms with Crippen molar-refractivity contribution in [1.82, 2.24) is 23.6 Å². The van der Waals surface area contributed by atoms with Crippen LogP contribution in [-0.4, -0.2) is 49.9 Å². The Morgan fingerprint density at radius 1 is 1.36 bits per heavy atom. The van der Waals surface area contributed by atoms with Crippen LogP contribution < -0.4 is 11.2 Å². The summed E-state index contributed by atoms with van der Waals surface area (Å²) < 4.78 is 8.75. The minimum absolute atomic E-state index is 0.260. The molecule has 2 rings (SSSR count). The molecule has 0 bridgehead atoms. The van der Waals surface area contributed by atoms with Crippen LogP contribution >= 0.6 is 0 Å². The number of aryl methyl sites for hydroxylation is 2. The van der Waals surface area contributed by atoms with Crippen LogP contribution in [0.4, 0.5) is 0 Å². The molecule has 2 aromatic heterocycles. The van der Waals surface area contributed by atoms with E-state index >= 15 is 0 Å². The van der Waals surface area contributed by atoms with E-state index in [-0.39, 0.29) is 11.2 Å². The van der Waals surface area contributed by atoms with Crippen molar-refractivity contribution < 1.29 is 9.53 Å². The Labute approximate surface area is 126 Å². The van der Waals surface area contributed by atoms with E-state index in [0.29, 0.717) is 0 Å². The fraction of sp³-hybridized carbons (Fsp3) is 0.538. The predicted octanol–water partition coefficient (Wildman–Crippen LogP) is -1.12. The van der Waals surface area contributed by atoms with Gasteiger partial charge in [0.2, 0.25) is 0 Å². The van der Waals surface area contributed by atoms with E-state index in [4.69, 9.17) is 4.74 Å². The molecule has 0 aliphatic rings. The van der Waals surface area contributed by atoms with Gasteiger partial charge in [0.25, 0.3) is 5.56 Å². The summed E-state index contributed by atoms with van der Waals surface area (Å²) in [5.74, 6) is -0.651. The number of fused-ring (bicyclic) bond motifs is 1. The van der Waals surface area contributed by atoms with Crippen LogP contribution in [0.2, 0.25) is 0 Å². The minimum Gasteiger partial charge on any atom is -0.445 e. The first kappa shape index (κ1) is 16.0. The molecule has 1 atom stereocenters. The highest BCUT2D eigenvalue weighted by Crippen LogP contribution is 2.03. The number of hydrogen-bond acceptors (Lipinski definition) is 6. The number of nitrogens with zero attached hydrogens (tertiary/aromatic N) is 5. The molecule has 0 amide bonds. The van der Waals surface area contributed by atoms with Crippen LogP contribution in [0.25, 0.3) is 11.2 Å². The number of carbonyl (C=O) groups is 1. The van der Waals surface area contributed by atoms with Gasteiger partial charge in [0.15, 0.2) is 17.4 Å². The van der Waals surface area contributed by atoms with Crippen LogP contribution in [0.1, 0.15) is 6.92 Å². The molecule has 0 N–H and O–H groups in total. The van der Waals surface area contributed by atoms with Crippen LogP contribution in [0, 0.1) is 0 Å². The number of imidazole rings is 1. The zero-order valence-electron chi connectivity index (χ0n) is 13.2. The Hall–Kier alpha value is -2.42. The number of carbonyl (C=O) groups excluding carboxylic acids is 1. The van der Waals surface area contributed by atoms with E-state index in [1.54, 1.807) is 33.0 Å². The Kier molecular flexibility index (Phi) is 4.18. The summed E-state index contributed by atoms with van der Waals surface area (Å²) in [6.07, 6.45) is 0.995. The number of rotatable bonds is 4. The molecule has 2 aromatic rings. The number of aromatic nitrogens is 4. The van der Waals surface area contributed by atoms with Gasteiger partial charge in [-0.1, -0.05) is 0 Å². The third-order valence-electron chi connectivity index (χ3n) is 3.52. The summed E-state index contributed by atoms with van der Waals surface area (Å²) in [6, 6.07) is 0. The SMILES string of the molecule is CC(OC(=O)Cn1c(=O)c2c(ncn2C)n(C)c1=O)N(C)C. The van der Waals surface area contributed by atoms with E-state index in [2.05, 4.69) is 4.98 Å². The quantitative estimate of drug-likeness (QED) is 0.525. The highest BCUT2D eigenvalue weighted by molar-refractivity contribution is 5.72. The molecule has 0 aromatic carbocycles. The third kappa shape index (κ3) is 2.67. The average molecular weight is 309 g/mol. The molecule has 0 radical (unpaired) electrons. The molecule has 0 spiro atoms. The number of esters is 1. The summed E-state index contributed by atoms with van der Waals surface area (Å²) in [6.45, 7) is 1.26. The fourth-order valence-corrected chi connectivity index (χ4v) is 2.00. The zero-order valence-corrected chi connectivity index (χ0v) is 13.2. The van der Waals surface area contributed by atoms with Gasteiger partial charge < -0.3 is 9.30 Å². The lowest BCUT2D eigenvalue weighted by Gasteiger charge is -2.20. The first-order valence-corrected chi connectivity index (χ1v) is 6.70. The van der Waals surface area contributed by atoms with Crippen molar-refractivity contribution in [3.8, 4) is 0 Å². The van der Waals surface area contributed by atoms with Gasteiger partial charge in [-0.05, 0) is 21.0 Å². The maximum absolute atomic E-state index is 12.4. The van der Waals surface area contributed by atoms with Gasteiger partial charge in [-0.3, -0.25) is 19.1 Å². The lowest BCUT2D eigenvalue weighted by Crippen LogP contribution is -2.42. The number of ether oxygens (including phenoxy) is 1. The molecule has 9 nitrogen and oxygen atoms in total. The van der Waals surface area contributed by atoms with Crippen LogP contribution in [0.5, 0.6) is 0 Å². The van der Waals surface area contributed by atoms with Crippen molar-refractivity contribution in [2.45, 2.75) is 19.7 Å². The summed E-state index contributed by atoms with van der Waals surface area (Å²) in [7, 11) is 6.66. The summed E-state index contributed by atoms with van der Waals surface area (Å²) in [5.41, 5.74) is -0.627. The molecule has 0 saturated carbocycles. The normalized spacial score (nSPS) is 12.8. The summed E-state index contributed by atoms with van der Waals surface area (Å²) in [4.78, 5) is 42.3. The monoisotopic (exact) mass is 309 g/mol. The van der Waals surface area contributed by atoms with E-state index in [1.165, 1.54) is 22.5 Å². The fourth-order valence-electron chi connectivity index (χ4n) is 2.00. The van der Waals surface area contributed by atoms with Gasteiger partial charge in [0.1, 0.15) is 6.54 Å². The molecule has 0 saturated heterocycles. The standard InChI is InChI=1S/C13H19N5O4/c1-8(15(2)3)22-9(19)6-18-12(20)10-11(14-7-16(10)4)17(5)13(18)21/h7-8H,6H2,1-5H3. The van der Waals surface area contributed by atoms with Crippen molar-refractivity contribution in [3.05, 3.63) is 27.2 Å². The highest BCUT2D eigenvalue weighted by Gasteiger charge is 2.19. The van der Waals surface area contributed by atoms with Gasteiger partial charge in [-0.15, -0.1) is 0 Å². The zero-order chi connectivity index (χ0) is 16.6. The maximum Gasteiger partial charge on any atom is 0.333 e. The number of hydrogen-bond donors (Lipinski definition) is 0. The molecule has 1 unspecified atom stereocenters. The molecular formula is C13H19N5O4. The van der Waals surface area contributed by atoms with Gasteiger partial charge in [-0.2, -0.15) is 0 Å². The van der Waals surface area contributed by atoms with Crippen LogP contribution in [-0.2, 0) is 30.2 Å². The van der Waals surface area contributed by atoms with E-state index in [0.717, 1.165) is 4.57 Å². The summed E-state index contributed by atoms with van der Waals surface area (Å²) >= 11 is 0. The van der Waals surface area contributed by atoms with Crippen molar-refractivity contribution in [1.29, 1.82) is 0 Å². The Morgan fingerprint density at radius 2 is 2.00 bits per heavy atom. The Bertz CT molecular complexity index is 829. The van der Waals surface area contributed by atoms with Crippen molar-refractivity contribution in [2.75, 3.05) is 14.1 Å². The minimum atomic E-state index is -0.651. The largest absolute Gasteiger partial charge is 0.445 e. The Balaban J connectivity index is 2.44.